The van der Waals surface area contributed by atoms with Gasteiger partial charge < -0.3 is 10.1 Å². The summed E-state index contributed by atoms with van der Waals surface area (Å²) in [5.74, 6) is 1.97. The second kappa shape index (κ2) is 7.40. The van der Waals surface area contributed by atoms with Crippen LogP contribution in [0.1, 0.15) is 0 Å². The highest BCUT2D eigenvalue weighted by Crippen LogP contribution is 2.30. The summed E-state index contributed by atoms with van der Waals surface area (Å²) in [4.78, 5) is 16.8. The Hall–Kier alpha value is -3.80. The summed E-state index contributed by atoms with van der Waals surface area (Å²) in [5, 5.41) is 3.23. The summed E-state index contributed by atoms with van der Waals surface area (Å²) in [6.45, 7) is 0. The van der Waals surface area contributed by atoms with Gasteiger partial charge in [-0.1, -0.05) is 6.07 Å². The zero-order chi connectivity index (χ0) is 17.6. The number of nitrogens with one attached hydrogen (secondary N) is 1. The van der Waals surface area contributed by atoms with E-state index in [2.05, 4.69) is 25.3 Å². The summed E-state index contributed by atoms with van der Waals surface area (Å²) in [7, 11) is 0. The van der Waals surface area contributed by atoms with Crippen LogP contribution in [0.2, 0.25) is 0 Å². The fourth-order valence-electron chi connectivity index (χ4n) is 2.42. The van der Waals surface area contributed by atoms with Crippen molar-refractivity contribution >= 4 is 11.5 Å². The molecule has 0 saturated carbocycles. The molecule has 3 aromatic heterocycles. The van der Waals surface area contributed by atoms with Crippen molar-refractivity contribution in [1.82, 2.24) is 19.9 Å². The average Bonchev–Trinajstić information content (AvgIpc) is 2.71. The lowest BCUT2D eigenvalue weighted by molar-refractivity contribution is 0.465. The number of ether oxygens (including phenoxy) is 1. The maximum absolute atomic E-state index is 5.95. The molecule has 0 amide bonds. The fraction of sp³-hybridized carbons (Fsp3) is 0. The fourth-order valence-corrected chi connectivity index (χ4v) is 2.42. The number of rotatable bonds is 5. The van der Waals surface area contributed by atoms with Crippen LogP contribution < -0.4 is 10.1 Å². The number of benzene rings is 1. The Labute approximate surface area is 150 Å². The Morgan fingerprint density at radius 3 is 2.38 bits per heavy atom. The second-order valence-corrected chi connectivity index (χ2v) is 5.42. The monoisotopic (exact) mass is 341 g/mol. The number of pyridine rings is 2. The molecule has 0 atom stereocenters. The van der Waals surface area contributed by atoms with Crippen molar-refractivity contribution in [3.8, 4) is 22.9 Å². The first-order chi connectivity index (χ1) is 12.9. The van der Waals surface area contributed by atoms with Gasteiger partial charge in [-0.25, -0.2) is 19.9 Å². The van der Waals surface area contributed by atoms with Gasteiger partial charge in [0.15, 0.2) is 0 Å². The third-order valence-electron chi connectivity index (χ3n) is 3.64. The van der Waals surface area contributed by atoms with Crippen LogP contribution in [0.15, 0.2) is 85.6 Å². The molecular weight excluding hydrogens is 326 g/mol. The van der Waals surface area contributed by atoms with Gasteiger partial charge >= 0.3 is 0 Å². The molecule has 0 aliphatic heterocycles. The van der Waals surface area contributed by atoms with Gasteiger partial charge in [0.2, 0.25) is 5.88 Å². The van der Waals surface area contributed by atoms with Crippen molar-refractivity contribution in [2.24, 2.45) is 0 Å². The molecule has 0 saturated heterocycles. The van der Waals surface area contributed by atoms with Crippen LogP contribution in [-0.2, 0) is 0 Å². The Bertz CT molecular complexity index is 976. The lowest BCUT2D eigenvalue weighted by atomic mass is 10.2. The summed E-state index contributed by atoms with van der Waals surface area (Å²) in [5.41, 5.74) is 2.50. The minimum absolute atomic E-state index is 0.497. The topological polar surface area (TPSA) is 72.8 Å². The zero-order valence-electron chi connectivity index (χ0n) is 13.8. The number of aromatic nitrogens is 4. The van der Waals surface area contributed by atoms with Gasteiger partial charge in [-0.05, 0) is 54.6 Å². The molecule has 26 heavy (non-hydrogen) atoms. The lowest BCUT2D eigenvalue weighted by Crippen LogP contribution is -1.94. The quantitative estimate of drug-likeness (QED) is 0.577. The van der Waals surface area contributed by atoms with Crippen molar-refractivity contribution in [2.45, 2.75) is 0 Å². The molecule has 126 valence electrons. The molecular formula is C20H15N5O. The van der Waals surface area contributed by atoms with Gasteiger partial charge in [0.1, 0.15) is 17.9 Å². The minimum atomic E-state index is 0.497. The van der Waals surface area contributed by atoms with Gasteiger partial charge in [-0.15, -0.1) is 0 Å². The number of hydrogen-bond donors (Lipinski definition) is 1. The van der Waals surface area contributed by atoms with Crippen molar-refractivity contribution < 1.29 is 4.74 Å². The summed E-state index contributed by atoms with van der Waals surface area (Å²) in [6.07, 6.45) is 6.63. The van der Waals surface area contributed by atoms with E-state index in [0.29, 0.717) is 11.6 Å². The highest BCUT2D eigenvalue weighted by Gasteiger charge is 2.09. The standard InChI is InChI=1S/C20H15N5O/c1-2-11-22-19(5-1)25-15-6-8-16(9-7-15)26-20-17(4-3-12-23-20)18-10-13-21-14-24-18/h1-14H,(H,22,25). The van der Waals surface area contributed by atoms with Crippen LogP contribution in [0.5, 0.6) is 11.6 Å². The van der Waals surface area contributed by atoms with E-state index in [1.54, 1.807) is 18.6 Å². The normalized spacial score (nSPS) is 10.3. The molecule has 1 aromatic carbocycles. The summed E-state index contributed by atoms with van der Waals surface area (Å²) < 4.78 is 5.95. The Morgan fingerprint density at radius 2 is 1.62 bits per heavy atom. The molecule has 6 heteroatoms. The third kappa shape index (κ3) is 3.64. The lowest BCUT2D eigenvalue weighted by Gasteiger charge is -2.10. The molecule has 0 unspecified atom stereocenters. The van der Waals surface area contributed by atoms with E-state index < -0.39 is 0 Å². The molecule has 4 rings (SSSR count). The minimum Gasteiger partial charge on any atom is -0.438 e. The van der Waals surface area contributed by atoms with E-state index in [4.69, 9.17) is 4.74 Å². The Morgan fingerprint density at radius 1 is 0.731 bits per heavy atom. The summed E-state index contributed by atoms with van der Waals surface area (Å²) >= 11 is 0. The van der Waals surface area contributed by atoms with Crippen LogP contribution in [0.4, 0.5) is 11.5 Å². The first-order valence-electron chi connectivity index (χ1n) is 8.06. The highest BCUT2D eigenvalue weighted by molar-refractivity contribution is 5.65. The Kier molecular flexibility index (Phi) is 4.47. The first-order valence-corrected chi connectivity index (χ1v) is 8.06. The van der Waals surface area contributed by atoms with Gasteiger partial charge in [-0.3, -0.25) is 0 Å². The maximum atomic E-state index is 5.95. The molecule has 0 spiro atoms. The predicted molar refractivity (Wildman–Crippen MR) is 99.3 cm³/mol. The third-order valence-corrected chi connectivity index (χ3v) is 3.64. The molecule has 0 aliphatic carbocycles. The predicted octanol–water partition coefficient (Wildman–Crippen LogP) is 4.47. The van der Waals surface area contributed by atoms with Crippen LogP contribution in [0, 0.1) is 0 Å². The molecule has 3 heterocycles. The van der Waals surface area contributed by atoms with Crippen molar-refractivity contribution in [1.29, 1.82) is 0 Å². The average molecular weight is 341 g/mol. The van der Waals surface area contributed by atoms with Crippen molar-refractivity contribution in [3.63, 3.8) is 0 Å². The van der Waals surface area contributed by atoms with Gasteiger partial charge in [-0.2, -0.15) is 0 Å². The van der Waals surface area contributed by atoms with Crippen LogP contribution in [0.3, 0.4) is 0 Å². The summed E-state index contributed by atoms with van der Waals surface area (Å²) in [6, 6.07) is 18.9. The van der Waals surface area contributed by atoms with Crippen LogP contribution in [-0.4, -0.2) is 19.9 Å². The van der Waals surface area contributed by atoms with E-state index in [9.17, 15) is 0 Å². The van der Waals surface area contributed by atoms with E-state index in [-0.39, 0.29) is 0 Å². The van der Waals surface area contributed by atoms with Gasteiger partial charge in [0.05, 0.1) is 11.3 Å². The van der Waals surface area contributed by atoms with Crippen molar-refractivity contribution in [2.75, 3.05) is 5.32 Å². The molecule has 4 aromatic rings. The molecule has 1 N–H and O–H groups in total. The number of hydrogen-bond acceptors (Lipinski definition) is 6. The van der Waals surface area contributed by atoms with Crippen LogP contribution >= 0.6 is 0 Å². The maximum Gasteiger partial charge on any atom is 0.228 e. The SMILES string of the molecule is c1ccc(Nc2ccc(Oc3ncccc3-c3ccncn3)cc2)nc1. The van der Waals surface area contributed by atoms with Crippen LogP contribution in [0.25, 0.3) is 11.3 Å². The Balaban J connectivity index is 1.53. The largest absolute Gasteiger partial charge is 0.438 e. The highest BCUT2D eigenvalue weighted by atomic mass is 16.5. The number of nitrogens with zero attached hydrogens (tertiary/aromatic N) is 4. The van der Waals surface area contributed by atoms with E-state index in [1.807, 2.05) is 60.7 Å². The molecule has 0 fully saturated rings. The number of anilines is 2. The first kappa shape index (κ1) is 15.7. The molecule has 0 radical (unpaired) electrons. The van der Waals surface area contributed by atoms with E-state index in [1.165, 1.54) is 6.33 Å². The smallest absolute Gasteiger partial charge is 0.228 e. The van der Waals surface area contributed by atoms with Gasteiger partial charge in [0.25, 0.3) is 0 Å². The second-order valence-electron chi connectivity index (χ2n) is 5.42. The van der Waals surface area contributed by atoms with E-state index >= 15 is 0 Å². The van der Waals surface area contributed by atoms with E-state index in [0.717, 1.165) is 22.8 Å². The van der Waals surface area contributed by atoms with Gasteiger partial charge in [0, 0.05) is 24.3 Å². The zero-order valence-corrected chi connectivity index (χ0v) is 13.8. The molecule has 0 aliphatic rings. The molecule has 0 bridgehead atoms. The molecule has 6 nitrogen and oxygen atoms in total. The van der Waals surface area contributed by atoms with Crippen molar-refractivity contribution in [3.05, 3.63) is 85.6 Å².